The molecule has 17 heavy (non-hydrogen) atoms. The molecule has 1 atom stereocenters. The Bertz CT molecular complexity index is 372. The van der Waals surface area contributed by atoms with E-state index < -0.39 is 6.10 Å². The second kappa shape index (κ2) is 5.05. The number of hydrogen-bond acceptors (Lipinski definition) is 3. The van der Waals surface area contributed by atoms with Crippen molar-refractivity contribution in [2.24, 2.45) is 5.92 Å². The molecule has 1 aromatic rings. The maximum atomic E-state index is 9.62. The second-order valence-corrected chi connectivity index (χ2v) is 5.40. The third-order valence-corrected chi connectivity index (χ3v) is 3.10. The van der Waals surface area contributed by atoms with Crippen molar-refractivity contribution < 1.29 is 5.11 Å². The molecule has 0 spiro atoms. The molecule has 1 heterocycles. The van der Waals surface area contributed by atoms with Gasteiger partial charge in [-0.25, -0.2) is 4.98 Å². The highest BCUT2D eigenvalue weighted by molar-refractivity contribution is 5.44. The number of aliphatic hydroxyl groups is 1. The van der Waals surface area contributed by atoms with E-state index >= 15 is 0 Å². The SMILES string of the molecule is CC(C)CN(c1cc(C(C)O)ccn1)C1CC1. The lowest BCUT2D eigenvalue weighted by Gasteiger charge is -2.26. The first kappa shape index (κ1) is 12.4. The normalized spacial score (nSPS) is 17.2. The zero-order valence-electron chi connectivity index (χ0n) is 10.9. The van der Waals surface area contributed by atoms with Crippen LogP contribution in [0, 0.1) is 5.92 Å². The predicted molar refractivity (Wildman–Crippen MR) is 70.1 cm³/mol. The van der Waals surface area contributed by atoms with Crippen molar-refractivity contribution in [1.29, 1.82) is 0 Å². The van der Waals surface area contributed by atoms with E-state index in [0.29, 0.717) is 12.0 Å². The van der Waals surface area contributed by atoms with Crippen LogP contribution in [0.3, 0.4) is 0 Å². The van der Waals surface area contributed by atoms with E-state index in [2.05, 4.69) is 23.7 Å². The van der Waals surface area contributed by atoms with Crippen molar-refractivity contribution in [3.8, 4) is 0 Å². The van der Waals surface area contributed by atoms with Crippen LogP contribution in [0.15, 0.2) is 18.3 Å². The molecule has 0 aliphatic heterocycles. The molecule has 0 radical (unpaired) electrons. The highest BCUT2D eigenvalue weighted by Crippen LogP contribution is 2.32. The summed E-state index contributed by atoms with van der Waals surface area (Å²) in [6.07, 6.45) is 3.92. The van der Waals surface area contributed by atoms with Crippen LogP contribution >= 0.6 is 0 Å². The maximum Gasteiger partial charge on any atom is 0.129 e. The second-order valence-electron chi connectivity index (χ2n) is 5.40. The summed E-state index contributed by atoms with van der Waals surface area (Å²) in [5.74, 6) is 1.65. The number of pyridine rings is 1. The number of nitrogens with zero attached hydrogens (tertiary/aromatic N) is 2. The summed E-state index contributed by atoms with van der Waals surface area (Å²) in [7, 11) is 0. The Morgan fingerprint density at radius 3 is 2.65 bits per heavy atom. The van der Waals surface area contributed by atoms with Gasteiger partial charge >= 0.3 is 0 Å². The van der Waals surface area contributed by atoms with Crippen molar-refractivity contribution >= 4 is 5.82 Å². The summed E-state index contributed by atoms with van der Waals surface area (Å²) >= 11 is 0. The van der Waals surface area contributed by atoms with Gasteiger partial charge in [0.1, 0.15) is 5.82 Å². The first-order valence-electron chi connectivity index (χ1n) is 6.48. The monoisotopic (exact) mass is 234 g/mol. The Morgan fingerprint density at radius 2 is 2.12 bits per heavy atom. The third-order valence-electron chi connectivity index (χ3n) is 3.10. The summed E-state index contributed by atoms with van der Waals surface area (Å²) in [5.41, 5.74) is 0.949. The fourth-order valence-corrected chi connectivity index (χ4v) is 2.06. The standard InChI is InChI=1S/C14H22N2O/c1-10(2)9-16(13-4-5-13)14-8-12(11(3)17)6-7-15-14/h6-8,10-11,13,17H,4-5,9H2,1-3H3. The summed E-state index contributed by atoms with van der Waals surface area (Å²) in [6, 6.07) is 4.56. The molecular weight excluding hydrogens is 212 g/mol. The molecule has 1 unspecified atom stereocenters. The Hall–Kier alpha value is -1.09. The van der Waals surface area contributed by atoms with Crippen molar-refractivity contribution in [2.45, 2.75) is 45.8 Å². The van der Waals surface area contributed by atoms with Crippen LogP contribution in [0.5, 0.6) is 0 Å². The molecule has 0 saturated heterocycles. The molecule has 1 aliphatic rings. The third kappa shape index (κ3) is 3.19. The minimum atomic E-state index is -0.420. The molecule has 2 rings (SSSR count). The van der Waals surface area contributed by atoms with E-state index in [9.17, 15) is 5.11 Å². The van der Waals surface area contributed by atoms with Crippen LogP contribution in [-0.4, -0.2) is 22.7 Å². The molecule has 0 bridgehead atoms. The summed E-state index contributed by atoms with van der Waals surface area (Å²) < 4.78 is 0. The molecule has 0 amide bonds. The number of aromatic nitrogens is 1. The lowest BCUT2D eigenvalue weighted by atomic mass is 10.1. The fraction of sp³-hybridized carbons (Fsp3) is 0.643. The van der Waals surface area contributed by atoms with Gasteiger partial charge in [-0.2, -0.15) is 0 Å². The molecule has 3 nitrogen and oxygen atoms in total. The van der Waals surface area contributed by atoms with Crippen molar-refractivity contribution in [1.82, 2.24) is 4.98 Å². The first-order chi connectivity index (χ1) is 8.08. The molecule has 1 N–H and O–H groups in total. The number of anilines is 1. The average Bonchev–Trinajstić information content (AvgIpc) is 3.09. The minimum Gasteiger partial charge on any atom is -0.389 e. The molecule has 1 fully saturated rings. The summed E-state index contributed by atoms with van der Waals surface area (Å²) in [5, 5.41) is 9.62. The van der Waals surface area contributed by atoms with E-state index in [1.807, 2.05) is 12.1 Å². The van der Waals surface area contributed by atoms with E-state index in [1.54, 1.807) is 13.1 Å². The summed E-state index contributed by atoms with van der Waals surface area (Å²) in [6.45, 7) is 7.30. The van der Waals surface area contributed by atoms with Gasteiger partial charge in [0, 0.05) is 18.8 Å². The quantitative estimate of drug-likeness (QED) is 0.851. The lowest BCUT2D eigenvalue weighted by molar-refractivity contribution is 0.199. The molecule has 94 valence electrons. The molecular formula is C14H22N2O. The van der Waals surface area contributed by atoms with Crippen LogP contribution in [0.25, 0.3) is 0 Å². The smallest absolute Gasteiger partial charge is 0.129 e. The van der Waals surface area contributed by atoms with E-state index in [1.165, 1.54) is 12.8 Å². The maximum absolute atomic E-state index is 9.62. The van der Waals surface area contributed by atoms with Gasteiger partial charge < -0.3 is 10.0 Å². The minimum absolute atomic E-state index is 0.420. The Balaban J connectivity index is 2.19. The molecule has 1 saturated carbocycles. The first-order valence-corrected chi connectivity index (χ1v) is 6.48. The van der Waals surface area contributed by atoms with Crippen LogP contribution in [0.4, 0.5) is 5.82 Å². The largest absolute Gasteiger partial charge is 0.389 e. The highest BCUT2D eigenvalue weighted by atomic mass is 16.3. The molecule has 1 aromatic heterocycles. The Kier molecular flexibility index (Phi) is 3.67. The highest BCUT2D eigenvalue weighted by Gasteiger charge is 2.30. The average molecular weight is 234 g/mol. The van der Waals surface area contributed by atoms with Gasteiger partial charge in [-0.15, -0.1) is 0 Å². The number of rotatable bonds is 5. The predicted octanol–water partition coefficient (Wildman–Crippen LogP) is 2.76. The van der Waals surface area contributed by atoms with E-state index in [-0.39, 0.29) is 0 Å². The zero-order valence-corrected chi connectivity index (χ0v) is 10.9. The van der Waals surface area contributed by atoms with Crippen molar-refractivity contribution in [3.63, 3.8) is 0 Å². The zero-order chi connectivity index (χ0) is 12.4. The van der Waals surface area contributed by atoms with Gasteiger partial charge in [0.2, 0.25) is 0 Å². The van der Waals surface area contributed by atoms with Gasteiger partial charge in [0.15, 0.2) is 0 Å². The van der Waals surface area contributed by atoms with Gasteiger partial charge in [-0.1, -0.05) is 13.8 Å². The van der Waals surface area contributed by atoms with Gasteiger partial charge in [-0.05, 0) is 43.4 Å². The van der Waals surface area contributed by atoms with Crippen LogP contribution < -0.4 is 4.90 Å². The van der Waals surface area contributed by atoms with Crippen molar-refractivity contribution in [2.75, 3.05) is 11.4 Å². The number of hydrogen-bond donors (Lipinski definition) is 1. The Labute approximate surface area is 103 Å². The molecule has 1 aliphatic carbocycles. The van der Waals surface area contributed by atoms with Crippen molar-refractivity contribution in [3.05, 3.63) is 23.9 Å². The molecule has 3 heteroatoms. The number of aliphatic hydroxyl groups excluding tert-OH is 1. The topological polar surface area (TPSA) is 36.4 Å². The van der Waals surface area contributed by atoms with Crippen LogP contribution in [0.2, 0.25) is 0 Å². The lowest BCUT2D eigenvalue weighted by Crippen LogP contribution is -2.30. The van der Waals surface area contributed by atoms with Crippen LogP contribution in [-0.2, 0) is 0 Å². The molecule has 0 aromatic carbocycles. The van der Waals surface area contributed by atoms with Crippen LogP contribution in [0.1, 0.15) is 45.3 Å². The van der Waals surface area contributed by atoms with Gasteiger partial charge in [-0.3, -0.25) is 0 Å². The fourth-order valence-electron chi connectivity index (χ4n) is 2.06. The Morgan fingerprint density at radius 1 is 1.41 bits per heavy atom. The van der Waals surface area contributed by atoms with Gasteiger partial charge in [0.05, 0.1) is 6.10 Å². The van der Waals surface area contributed by atoms with E-state index in [0.717, 1.165) is 17.9 Å². The summed E-state index contributed by atoms with van der Waals surface area (Å²) in [4.78, 5) is 6.84. The van der Waals surface area contributed by atoms with E-state index in [4.69, 9.17) is 0 Å². The van der Waals surface area contributed by atoms with Gasteiger partial charge in [0.25, 0.3) is 0 Å².